The Bertz CT molecular complexity index is 1080. The second-order valence-electron chi connectivity index (χ2n) is 8.74. The number of carbonyl (C=O) groups is 1. The SMILES string of the molecule is O=C(OCc1ccc(OC2O[C@H](CO)[C@H](O)[C@H](O)[C@H]2O)c([N+](=O)[O-])c1)N1CCN(c2ccccc2)CC1. The van der Waals surface area contributed by atoms with Crippen molar-refractivity contribution in [3.05, 3.63) is 64.2 Å². The van der Waals surface area contributed by atoms with Gasteiger partial charge < -0.3 is 44.4 Å². The maximum atomic E-state index is 12.5. The summed E-state index contributed by atoms with van der Waals surface area (Å²) in [5.74, 6) is -0.276. The number of amides is 1. The Morgan fingerprint density at radius 2 is 1.73 bits per heavy atom. The number of rotatable bonds is 7. The Morgan fingerprint density at radius 3 is 2.38 bits per heavy atom. The number of aliphatic hydroxyl groups is 4. The van der Waals surface area contributed by atoms with Crippen molar-refractivity contribution in [2.75, 3.05) is 37.7 Å². The van der Waals surface area contributed by atoms with Gasteiger partial charge in [-0.25, -0.2) is 4.79 Å². The molecule has 2 aromatic rings. The summed E-state index contributed by atoms with van der Waals surface area (Å²) in [7, 11) is 0. The highest BCUT2D eigenvalue weighted by molar-refractivity contribution is 5.68. The molecular formula is C24H29N3O10. The zero-order valence-corrected chi connectivity index (χ0v) is 19.8. The van der Waals surface area contributed by atoms with Crippen LogP contribution in [-0.4, -0.2) is 99.8 Å². The van der Waals surface area contributed by atoms with E-state index in [1.165, 1.54) is 18.2 Å². The molecule has 0 saturated carbocycles. The summed E-state index contributed by atoms with van der Waals surface area (Å²) in [6.45, 7) is 1.36. The average molecular weight is 520 g/mol. The number of nitro benzene ring substituents is 1. The number of para-hydroxylation sites is 1. The molecule has 2 aliphatic heterocycles. The lowest BCUT2D eigenvalue weighted by atomic mass is 9.99. The third-order valence-corrected chi connectivity index (χ3v) is 6.33. The molecular weight excluding hydrogens is 490 g/mol. The third-order valence-electron chi connectivity index (χ3n) is 6.33. The van der Waals surface area contributed by atoms with E-state index in [2.05, 4.69) is 4.90 Å². The van der Waals surface area contributed by atoms with Crippen molar-refractivity contribution in [2.24, 2.45) is 0 Å². The molecule has 2 saturated heterocycles. The molecule has 4 N–H and O–H groups in total. The Labute approximate surface area is 212 Å². The van der Waals surface area contributed by atoms with Crippen molar-refractivity contribution in [3.8, 4) is 5.75 Å². The molecule has 0 bridgehead atoms. The van der Waals surface area contributed by atoms with Crippen LogP contribution in [0.5, 0.6) is 5.75 Å². The molecule has 0 aromatic heterocycles. The van der Waals surface area contributed by atoms with Crippen molar-refractivity contribution in [2.45, 2.75) is 37.3 Å². The average Bonchev–Trinajstić information content (AvgIpc) is 2.93. The molecule has 2 aromatic carbocycles. The van der Waals surface area contributed by atoms with E-state index in [1.54, 1.807) is 4.90 Å². The van der Waals surface area contributed by atoms with Crippen molar-refractivity contribution >= 4 is 17.5 Å². The third kappa shape index (κ3) is 6.09. The molecule has 37 heavy (non-hydrogen) atoms. The van der Waals surface area contributed by atoms with Crippen LogP contribution >= 0.6 is 0 Å². The van der Waals surface area contributed by atoms with Gasteiger partial charge in [0.15, 0.2) is 5.75 Å². The minimum atomic E-state index is -1.72. The maximum absolute atomic E-state index is 12.5. The fourth-order valence-corrected chi connectivity index (χ4v) is 4.21. The molecule has 13 nitrogen and oxygen atoms in total. The minimum Gasteiger partial charge on any atom is -0.455 e. The van der Waals surface area contributed by atoms with Gasteiger partial charge in [-0.15, -0.1) is 0 Å². The molecule has 13 heteroatoms. The van der Waals surface area contributed by atoms with E-state index in [-0.39, 0.29) is 12.4 Å². The second kappa shape index (κ2) is 11.7. The molecule has 0 radical (unpaired) electrons. The van der Waals surface area contributed by atoms with E-state index in [1.807, 2.05) is 30.3 Å². The fourth-order valence-electron chi connectivity index (χ4n) is 4.21. The van der Waals surface area contributed by atoms with Gasteiger partial charge in [0.1, 0.15) is 31.0 Å². The fraction of sp³-hybridized carbons (Fsp3) is 0.458. The number of ether oxygens (including phenoxy) is 3. The first-order chi connectivity index (χ1) is 17.8. The maximum Gasteiger partial charge on any atom is 0.410 e. The van der Waals surface area contributed by atoms with Crippen LogP contribution < -0.4 is 9.64 Å². The first kappa shape index (κ1) is 26.6. The Hall–Kier alpha value is -3.49. The number of anilines is 1. The minimum absolute atomic E-state index is 0.209. The van der Waals surface area contributed by atoms with Crippen LogP contribution in [-0.2, 0) is 16.1 Å². The van der Waals surface area contributed by atoms with Crippen molar-refractivity contribution in [3.63, 3.8) is 0 Å². The number of piperazine rings is 1. The topological polar surface area (TPSA) is 175 Å². The van der Waals surface area contributed by atoms with Crippen LogP contribution in [0.3, 0.4) is 0 Å². The van der Waals surface area contributed by atoms with Gasteiger partial charge in [0.2, 0.25) is 6.29 Å². The van der Waals surface area contributed by atoms with Gasteiger partial charge in [0.25, 0.3) is 0 Å². The standard InChI is InChI=1S/C24H29N3O10/c28-13-19-20(29)21(30)22(31)23(37-19)36-18-7-6-15(12-17(18)27(33)34)14-35-24(32)26-10-8-25(9-11-26)16-4-2-1-3-5-16/h1-7,12,19-23,28-31H,8-11,13-14H2/t19-,20+,21+,22-,23?/m1/s1. The van der Waals surface area contributed by atoms with Crippen molar-refractivity contribution in [1.82, 2.24) is 4.90 Å². The van der Waals surface area contributed by atoms with Gasteiger partial charge in [0.05, 0.1) is 11.5 Å². The molecule has 0 aliphatic carbocycles. The number of aliphatic hydroxyl groups excluding tert-OH is 4. The Kier molecular flexibility index (Phi) is 8.41. The summed E-state index contributed by atoms with van der Waals surface area (Å²) in [5, 5.41) is 50.9. The number of nitrogens with zero attached hydrogens (tertiary/aromatic N) is 3. The summed E-state index contributed by atoms with van der Waals surface area (Å²) in [4.78, 5) is 27.2. The lowest BCUT2D eigenvalue weighted by Crippen LogP contribution is -2.60. The van der Waals surface area contributed by atoms with Gasteiger partial charge in [-0.3, -0.25) is 10.1 Å². The second-order valence-corrected chi connectivity index (χ2v) is 8.74. The van der Waals surface area contributed by atoms with Gasteiger partial charge >= 0.3 is 11.8 Å². The summed E-state index contributed by atoms with van der Waals surface area (Å²) in [6.07, 6.45) is -8.34. The van der Waals surface area contributed by atoms with Gasteiger partial charge in [-0.1, -0.05) is 24.3 Å². The molecule has 200 valence electrons. The van der Waals surface area contributed by atoms with E-state index >= 15 is 0 Å². The predicted molar refractivity (Wildman–Crippen MR) is 128 cm³/mol. The predicted octanol–water partition coefficient (Wildman–Crippen LogP) is 0.232. The van der Waals surface area contributed by atoms with Crippen LogP contribution in [0, 0.1) is 10.1 Å². The van der Waals surface area contributed by atoms with Crippen molar-refractivity contribution in [1.29, 1.82) is 0 Å². The van der Waals surface area contributed by atoms with Gasteiger partial charge in [-0.2, -0.15) is 0 Å². The van der Waals surface area contributed by atoms with Crippen LogP contribution in [0.15, 0.2) is 48.5 Å². The van der Waals surface area contributed by atoms with Crippen molar-refractivity contribution < 1.29 is 44.4 Å². The lowest BCUT2D eigenvalue weighted by molar-refractivity contribution is -0.387. The zero-order chi connectivity index (χ0) is 26.5. The number of benzene rings is 2. The Morgan fingerprint density at radius 1 is 1.03 bits per heavy atom. The van der Waals surface area contributed by atoms with Crippen LogP contribution in [0.1, 0.15) is 5.56 Å². The number of nitro groups is 1. The molecule has 2 fully saturated rings. The van der Waals surface area contributed by atoms with E-state index in [0.717, 1.165) is 5.69 Å². The molecule has 0 spiro atoms. The molecule has 1 unspecified atom stereocenters. The molecule has 2 aliphatic rings. The molecule has 4 rings (SSSR count). The highest BCUT2D eigenvalue weighted by atomic mass is 16.7. The van der Waals surface area contributed by atoms with Gasteiger partial charge in [-0.05, 0) is 23.8 Å². The molecule has 2 heterocycles. The summed E-state index contributed by atoms with van der Waals surface area (Å²) in [6, 6.07) is 13.7. The molecule has 1 amide bonds. The van der Waals surface area contributed by atoms with Crippen LogP contribution in [0.25, 0.3) is 0 Å². The largest absolute Gasteiger partial charge is 0.455 e. The zero-order valence-electron chi connectivity index (χ0n) is 19.8. The van der Waals surface area contributed by atoms with E-state index < -0.39 is 54.0 Å². The normalized spacial score (nSPS) is 26.0. The first-order valence-corrected chi connectivity index (χ1v) is 11.7. The first-order valence-electron chi connectivity index (χ1n) is 11.7. The van der Waals surface area contributed by atoms with E-state index in [0.29, 0.717) is 31.7 Å². The summed E-state index contributed by atoms with van der Waals surface area (Å²) >= 11 is 0. The van der Waals surface area contributed by atoms with Crippen LogP contribution in [0.4, 0.5) is 16.2 Å². The number of hydrogen-bond donors (Lipinski definition) is 4. The highest BCUT2D eigenvalue weighted by Crippen LogP contribution is 2.32. The smallest absolute Gasteiger partial charge is 0.410 e. The summed E-state index contributed by atoms with van der Waals surface area (Å²) < 4.78 is 16.0. The number of hydrogen-bond acceptors (Lipinski definition) is 11. The number of carbonyl (C=O) groups excluding carboxylic acids is 1. The quantitative estimate of drug-likeness (QED) is 0.291. The van der Waals surface area contributed by atoms with E-state index in [4.69, 9.17) is 14.2 Å². The lowest BCUT2D eigenvalue weighted by Gasteiger charge is -2.39. The monoisotopic (exact) mass is 519 g/mol. The Balaban J connectivity index is 1.35. The summed E-state index contributed by atoms with van der Waals surface area (Å²) in [5.41, 5.74) is 0.931. The molecule has 5 atom stereocenters. The van der Waals surface area contributed by atoms with Gasteiger partial charge in [0, 0.05) is 37.9 Å². The van der Waals surface area contributed by atoms with E-state index in [9.17, 15) is 35.3 Å². The van der Waals surface area contributed by atoms with Crippen LogP contribution in [0.2, 0.25) is 0 Å². The highest BCUT2D eigenvalue weighted by Gasteiger charge is 2.45.